The van der Waals surface area contributed by atoms with Crippen molar-refractivity contribution in [2.75, 3.05) is 0 Å². The summed E-state index contributed by atoms with van der Waals surface area (Å²) in [6.07, 6.45) is -2.87. The van der Waals surface area contributed by atoms with Gasteiger partial charge in [0, 0.05) is 0 Å². The van der Waals surface area contributed by atoms with Gasteiger partial charge in [0.1, 0.15) is 0 Å². The molecule has 3 nitrogen and oxygen atoms in total. The Morgan fingerprint density at radius 3 is 1.65 bits per heavy atom. The minimum atomic E-state index is -2.81. The van der Waals surface area contributed by atoms with Crippen molar-refractivity contribution in [3.8, 4) is 22.6 Å². The Bertz CT molecular complexity index is 1260. The van der Waals surface area contributed by atoms with E-state index in [1.807, 2.05) is 12.1 Å². The van der Waals surface area contributed by atoms with Crippen LogP contribution in [0.25, 0.3) is 32.7 Å². The monoisotopic (exact) mass is 496 g/mol. The van der Waals surface area contributed by atoms with Crippen LogP contribution in [0.1, 0.15) is 27.7 Å². The van der Waals surface area contributed by atoms with Gasteiger partial charge in [0.2, 0.25) is 0 Å². The van der Waals surface area contributed by atoms with E-state index in [4.69, 9.17) is 13.6 Å². The van der Waals surface area contributed by atoms with E-state index in [0.717, 1.165) is 33.4 Å². The van der Waals surface area contributed by atoms with E-state index in [2.05, 4.69) is 103 Å². The predicted octanol–water partition coefficient (Wildman–Crippen LogP) is 7.73. The van der Waals surface area contributed by atoms with Crippen LogP contribution >= 0.6 is 6.19 Å². The molecule has 1 heterocycles. The summed E-state index contributed by atoms with van der Waals surface area (Å²) >= 11 is 3.16. The first-order valence-corrected chi connectivity index (χ1v) is 14.2. The van der Waals surface area contributed by atoms with Crippen LogP contribution in [0, 0.1) is 5.41 Å². The molecule has 0 radical (unpaired) electrons. The van der Waals surface area contributed by atoms with Crippen LogP contribution in [0.3, 0.4) is 0 Å². The molecule has 0 amide bonds. The Labute approximate surface area is 190 Å². The standard InChI is InChI=1S/C26H25O3PSe/c1-17(26(2,3)4)27-30(31)28-22-15-13-18-9-5-7-11-20(18)24(22)25-21-12-8-6-10-19(21)14-16-23(25)29-30/h5-17H,1-4H3. The van der Waals surface area contributed by atoms with Gasteiger partial charge in [-0.05, 0) is 0 Å². The number of hydrogen-bond donors (Lipinski definition) is 0. The Morgan fingerprint density at radius 1 is 0.742 bits per heavy atom. The van der Waals surface area contributed by atoms with Crippen molar-refractivity contribution in [1.29, 1.82) is 0 Å². The molecule has 0 bridgehead atoms. The van der Waals surface area contributed by atoms with Crippen molar-refractivity contribution < 1.29 is 13.6 Å². The van der Waals surface area contributed by atoms with E-state index >= 15 is 0 Å². The molecule has 1 unspecified atom stereocenters. The number of rotatable bonds is 2. The molecule has 0 N–H and O–H groups in total. The zero-order valence-corrected chi connectivity index (χ0v) is 20.7. The van der Waals surface area contributed by atoms with Gasteiger partial charge in [-0.15, -0.1) is 0 Å². The molecule has 5 rings (SSSR count). The van der Waals surface area contributed by atoms with E-state index in [9.17, 15) is 0 Å². The topological polar surface area (TPSA) is 27.7 Å². The molecule has 0 aliphatic carbocycles. The van der Waals surface area contributed by atoms with E-state index < -0.39 is 6.19 Å². The summed E-state index contributed by atoms with van der Waals surface area (Å²) in [4.78, 5) is 0. The van der Waals surface area contributed by atoms with Gasteiger partial charge in [-0.3, -0.25) is 0 Å². The first-order valence-electron chi connectivity index (χ1n) is 10.5. The fourth-order valence-electron chi connectivity index (χ4n) is 3.83. The average Bonchev–Trinajstić information content (AvgIpc) is 2.86. The zero-order chi connectivity index (χ0) is 21.8. The summed E-state index contributed by atoms with van der Waals surface area (Å²) in [6, 6.07) is 25.1. The van der Waals surface area contributed by atoms with Gasteiger partial charge in [0.25, 0.3) is 0 Å². The van der Waals surface area contributed by atoms with Crippen LogP contribution in [-0.2, 0) is 4.52 Å². The van der Waals surface area contributed by atoms with Crippen molar-refractivity contribution in [2.45, 2.75) is 33.8 Å². The SMILES string of the molecule is CC(OP1(=[Se])Oc2ccc3ccccc3c2-c2c(ccc3ccccc23)O1)C(C)(C)C. The summed E-state index contributed by atoms with van der Waals surface area (Å²) < 4.78 is 19.6. The predicted molar refractivity (Wildman–Crippen MR) is 131 cm³/mol. The second-order valence-corrected chi connectivity index (χ2v) is 13.3. The molecule has 0 fully saturated rings. The molecule has 0 spiro atoms. The van der Waals surface area contributed by atoms with Gasteiger partial charge in [-0.1, -0.05) is 0 Å². The van der Waals surface area contributed by atoms with Crippen LogP contribution in [0.5, 0.6) is 11.5 Å². The second kappa shape index (κ2) is 7.50. The van der Waals surface area contributed by atoms with Gasteiger partial charge < -0.3 is 0 Å². The molecular formula is C26H25O3PSe. The summed E-state index contributed by atoms with van der Waals surface area (Å²) in [5.74, 6) is 1.56. The zero-order valence-electron chi connectivity index (χ0n) is 18.1. The Balaban J connectivity index is 1.81. The summed E-state index contributed by atoms with van der Waals surface area (Å²) in [5.41, 5.74) is 2.05. The molecule has 158 valence electrons. The number of hydrogen-bond acceptors (Lipinski definition) is 3. The summed E-state index contributed by atoms with van der Waals surface area (Å²) in [7, 11) is 0. The molecule has 5 heteroatoms. The van der Waals surface area contributed by atoms with Crippen LogP contribution in [0.4, 0.5) is 0 Å². The molecule has 4 aromatic rings. The van der Waals surface area contributed by atoms with Crippen LogP contribution < -0.4 is 9.05 Å². The second-order valence-electron chi connectivity index (χ2n) is 9.06. The maximum atomic E-state index is 6.56. The van der Waals surface area contributed by atoms with Gasteiger partial charge >= 0.3 is 191 Å². The number of fused-ring (bicyclic) bond motifs is 7. The van der Waals surface area contributed by atoms with E-state index in [1.54, 1.807) is 0 Å². The molecule has 1 aliphatic heterocycles. The maximum absolute atomic E-state index is 6.56. The Morgan fingerprint density at radius 2 is 1.19 bits per heavy atom. The van der Waals surface area contributed by atoms with Gasteiger partial charge in [-0.25, -0.2) is 0 Å². The Kier molecular flexibility index (Phi) is 5.03. The molecule has 1 aliphatic rings. The van der Waals surface area contributed by atoms with Crippen molar-refractivity contribution in [3.05, 3.63) is 72.8 Å². The Hall–Kier alpha value is -2.09. The average molecular weight is 495 g/mol. The van der Waals surface area contributed by atoms with Crippen molar-refractivity contribution in [3.63, 3.8) is 0 Å². The van der Waals surface area contributed by atoms with Gasteiger partial charge in [0.15, 0.2) is 0 Å². The molecule has 1 atom stereocenters. The van der Waals surface area contributed by atoms with Crippen LogP contribution in [0.15, 0.2) is 72.8 Å². The van der Waals surface area contributed by atoms with Crippen molar-refractivity contribution in [2.24, 2.45) is 5.41 Å². The molecule has 0 aromatic heterocycles. The van der Waals surface area contributed by atoms with Gasteiger partial charge in [-0.2, -0.15) is 0 Å². The molecule has 31 heavy (non-hydrogen) atoms. The quantitative estimate of drug-likeness (QED) is 0.210. The van der Waals surface area contributed by atoms with Crippen LogP contribution in [0.2, 0.25) is 0 Å². The van der Waals surface area contributed by atoms with Crippen molar-refractivity contribution in [1.82, 2.24) is 0 Å². The van der Waals surface area contributed by atoms with Crippen molar-refractivity contribution >= 4 is 42.8 Å². The first-order chi connectivity index (χ1) is 14.8. The van der Waals surface area contributed by atoms with E-state index in [-0.39, 0.29) is 11.5 Å². The fourth-order valence-corrected chi connectivity index (χ4v) is 7.26. The number of benzene rings is 4. The van der Waals surface area contributed by atoms with Crippen LogP contribution in [-0.4, -0.2) is 21.2 Å². The molecule has 4 aromatic carbocycles. The third-order valence-corrected chi connectivity index (χ3v) is 8.85. The third kappa shape index (κ3) is 3.73. The normalized spacial score (nSPS) is 16.0. The third-order valence-electron chi connectivity index (χ3n) is 5.96. The minimum absolute atomic E-state index is 0.0473. The van der Waals surface area contributed by atoms with Gasteiger partial charge in [0.05, 0.1) is 0 Å². The fraction of sp³-hybridized carbons (Fsp3) is 0.231. The molecule has 0 saturated heterocycles. The molecule has 0 saturated carbocycles. The molecular weight excluding hydrogens is 470 g/mol. The van der Waals surface area contributed by atoms with E-state index in [1.165, 1.54) is 10.8 Å². The summed E-state index contributed by atoms with van der Waals surface area (Å²) in [5, 5.41) is 4.61. The first kappa shape index (κ1) is 20.8. The van der Waals surface area contributed by atoms with E-state index in [0.29, 0.717) is 0 Å². The summed E-state index contributed by atoms with van der Waals surface area (Å²) in [6.45, 7) is 8.54.